The van der Waals surface area contributed by atoms with Gasteiger partial charge in [0.1, 0.15) is 5.82 Å². The van der Waals surface area contributed by atoms with Crippen molar-refractivity contribution in [1.82, 2.24) is 10.2 Å². The Morgan fingerprint density at radius 2 is 1.89 bits per heavy atom. The van der Waals surface area contributed by atoms with Crippen LogP contribution in [0.2, 0.25) is 0 Å². The predicted octanol–water partition coefficient (Wildman–Crippen LogP) is 2.80. The van der Waals surface area contributed by atoms with Crippen molar-refractivity contribution in [2.75, 3.05) is 20.1 Å². The van der Waals surface area contributed by atoms with Crippen molar-refractivity contribution in [1.29, 1.82) is 0 Å². The first-order valence-electron chi connectivity index (χ1n) is 6.00. The van der Waals surface area contributed by atoms with Gasteiger partial charge in [-0.1, -0.05) is 18.2 Å². The molecule has 0 saturated heterocycles. The molecule has 0 radical (unpaired) electrons. The number of nitrogens with one attached hydrogen (secondary N) is 1. The van der Waals surface area contributed by atoms with E-state index in [-0.39, 0.29) is 18.4 Å². The van der Waals surface area contributed by atoms with Crippen LogP contribution in [0, 0.1) is 5.82 Å². The molecule has 0 amide bonds. The van der Waals surface area contributed by atoms with E-state index in [0.717, 1.165) is 0 Å². The first-order chi connectivity index (χ1) is 8.79. The van der Waals surface area contributed by atoms with E-state index in [2.05, 4.69) is 5.32 Å². The van der Waals surface area contributed by atoms with Crippen LogP contribution in [0.4, 0.5) is 17.6 Å². The van der Waals surface area contributed by atoms with Crippen LogP contribution in [0.25, 0.3) is 0 Å². The average molecular weight is 278 g/mol. The fraction of sp³-hybridized carbons (Fsp3) is 0.538. The summed E-state index contributed by atoms with van der Waals surface area (Å²) in [7, 11) is 1.76. The third-order valence-electron chi connectivity index (χ3n) is 2.90. The fourth-order valence-electron chi connectivity index (χ4n) is 1.63. The summed E-state index contributed by atoms with van der Waals surface area (Å²) in [6.45, 7) is 1.35. The third kappa shape index (κ3) is 6.02. The van der Waals surface area contributed by atoms with E-state index in [1.165, 1.54) is 6.07 Å². The monoisotopic (exact) mass is 278 g/mol. The zero-order chi connectivity index (χ0) is 14.5. The first-order valence-corrected chi connectivity index (χ1v) is 6.00. The molecule has 6 heteroatoms. The van der Waals surface area contributed by atoms with Crippen molar-refractivity contribution in [3.8, 4) is 0 Å². The van der Waals surface area contributed by atoms with Gasteiger partial charge in [-0.2, -0.15) is 13.2 Å². The maximum absolute atomic E-state index is 13.4. The fourth-order valence-corrected chi connectivity index (χ4v) is 1.63. The van der Waals surface area contributed by atoms with Gasteiger partial charge >= 0.3 is 6.18 Å². The summed E-state index contributed by atoms with van der Waals surface area (Å²) in [4.78, 5) is 1.81. The summed E-state index contributed by atoms with van der Waals surface area (Å²) < 4.78 is 49.4. The Morgan fingerprint density at radius 1 is 1.26 bits per heavy atom. The highest BCUT2D eigenvalue weighted by atomic mass is 19.4. The van der Waals surface area contributed by atoms with Gasteiger partial charge in [0.15, 0.2) is 0 Å². The minimum absolute atomic E-state index is 0.123. The first kappa shape index (κ1) is 15.9. The molecule has 1 N–H and O–H groups in total. The molecule has 1 atom stereocenters. The average Bonchev–Trinajstić information content (AvgIpc) is 2.30. The van der Waals surface area contributed by atoms with Crippen molar-refractivity contribution in [2.45, 2.75) is 25.7 Å². The number of nitrogens with zero attached hydrogens (tertiary/aromatic N) is 1. The summed E-state index contributed by atoms with van der Waals surface area (Å²) in [5.41, 5.74) is 0.535. The van der Waals surface area contributed by atoms with Gasteiger partial charge in [0.05, 0.1) is 6.54 Å². The summed E-state index contributed by atoms with van der Waals surface area (Å²) in [6.07, 6.45) is -4.20. The van der Waals surface area contributed by atoms with Gasteiger partial charge in [-0.15, -0.1) is 0 Å². The van der Waals surface area contributed by atoms with E-state index in [0.29, 0.717) is 12.1 Å². The summed E-state index contributed by atoms with van der Waals surface area (Å²) >= 11 is 0. The number of hydrogen-bond acceptors (Lipinski definition) is 2. The minimum Gasteiger partial charge on any atom is -0.307 e. The largest absolute Gasteiger partial charge is 0.401 e. The van der Waals surface area contributed by atoms with Gasteiger partial charge in [-0.05, 0) is 20.0 Å². The number of hydrogen-bond donors (Lipinski definition) is 1. The van der Waals surface area contributed by atoms with Gasteiger partial charge in [0, 0.05) is 24.7 Å². The molecule has 19 heavy (non-hydrogen) atoms. The molecule has 1 aromatic carbocycles. The molecule has 1 unspecified atom stereocenters. The van der Waals surface area contributed by atoms with Crippen molar-refractivity contribution >= 4 is 0 Å². The van der Waals surface area contributed by atoms with Crippen LogP contribution in [-0.2, 0) is 6.54 Å². The van der Waals surface area contributed by atoms with E-state index >= 15 is 0 Å². The van der Waals surface area contributed by atoms with Gasteiger partial charge < -0.3 is 5.32 Å². The van der Waals surface area contributed by atoms with Crippen LogP contribution < -0.4 is 5.32 Å². The zero-order valence-corrected chi connectivity index (χ0v) is 11.0. The highest BCUT2D eigenvalue weighted by Gasteiger charge is 2.26. The predicted molar refractivity (Wildman–Crippen MR) is 66.3 cm³/mol. The second-order valence-corrected chi connectivity index (χ2v) is 4.60. The maximum Gasteiger partial charge on any atom is 0.401 e. The molecule has 0 heterocycles. The molecule has 0 aliphatic heterocycles. The van der Waals surface area contributed by atoms with Crippen molar-refractivity contribution in [3.63, 3.8) is 0 Å². The lowest BCUT2D eigenvalue weighted by Crippen LogP contribution is -2.40. The number of likely N-dealkylation sites (N-methyl/N-ethyl adjacent to an activating group) is 1. The number of halogens is 4. The summed E-state index contributed by atoms with van der Waals surface area (Å²) in [5, 5.41) is 2.35. The van der Waals surface area contributed by atoms with Gasteiger partial charge in [0.2, 0.25) is 0 Å². The molecule has 1 aromatic rings. The number of benzene rings is 1. The summed E-state index contributed by atoms with van der Waals surface area (Å²) in [5.74, 6) is -0.301. The molecule has 0 bridgehead atoms. The SMILES string of the molecule is CC(CNCC(F)(F)F)N(C)Cc1ccccc1F. The second kappa shape index (κ2) is 6.86. The Kier molecular flexibility index (Phi) is 5.75. The van der Waals surface area contributed by atoms with Gasteiger partial charge in [-0.25, -0.2) is 4.39 Å². The van der Waals surface area contributed by atoms with Crippen molar-refractivity contribution < 1.29 is 17.6 Å². The molecule has 108 valence electrons. The van der Waals surface area contributed by atoms with Gasteiger partial charge in [-0.3, -0.25) is 4.90 Å². The van der Waals surface area contributed by atoms with E-state index in [1.54, 1.807) is 32.2 Å². The number of rotatable bonds is 6. The molecular weight excluding hydrogens is 260 g/mol. The molecule has 0 aliphatic carbocycles. The van der Waals surface area contributed by atoms with Crippen LogP contribution >= 0.6 is 0 Å². The number of alkyl halides is 3. The van der Waals surface area contributed by atoms with Crippen LogP contribution in [-0.4, -0.2) is 37.3 Å². The Labute approximate surface area is 110 Å². The normalized spacial score (nSPS) is 13.8. The lowest BCUT2D eigenvalue weighted by molar-refractivity contribution is -0.125. The van der Waals surface area contributed by atoms with E-state index in [4.69, 9.17) is 0 Å². The van der Waals surface area contributed by atoms with E-state index < -0.39 is 12.7 Å². The summed E-state index contributed by atoms with van der Waals surface area (Å²) in [6, 6.07) is 6.26. The molecule has 0 aromatic heterocycles. The lowest BCUT2D eigenvalue weighted by Gasteiger charge is -2.25. The van der Waals surface area contributed by atoms with Crippen LogP contribution in [0.15, 0.2) is 24.3 Å². The van der Waals surface area contributed by atoms with Crippen LogP contribution in [0.1, 0.15) is 12.5 Å². The molecular formula is C13H18F4N2. The van der Waals surface area contributed by atoms with Crippen LogP contribution in [0.3, 0.4) is 0 Å². The van der Waals surface area contributed by atoms with Crippen LogP contribution in [0.5, 0.6) is 0 Å². The molecule has 0 aliphatic rings. The standard InChI is InChI=1S/C13H18F4N2/c1-10(7-18-9-13(15,16)17)19(2)8-11-5-3-4-6-12(11)14/h3-6,10,18H,7-9H2,1-2H3. The maximum atomic E-state index is 13.4. The Hall–Kier alpha value is -1.14. The Balaban J connectivity index is 2.41. The molecule has 2 nitrogen and oxygen atoms in total. The minimum atomic E-state index is -4.20. The molecule has 0 saturated carbocycles. The second-order valence-electron chi connectivity index (χ2n) is 4.60. The Morgan fingerprint density at radius 3 is 2.47 bits per heavy atom. The van der Waals surface area contributed by atoms with E-state index in [9.17, 15) is 17.6 Å². The Bertz CT molecular complexity index is 392. The quantitative estimate of drug-likeness (QED) is 0.805. The molecule has 0 spiro atoms. The third-order valence-corrected chi connectivity index (χ3v) is 2.90. The van der Waals surface area contributed by atoms with Crippen molar-refractivity contribution in [2.24, 2.45) is 0 Å². The molecule has 0 fully saturated rings. The highest BCUT2D eigenvalue weighted by molar-refractivity contribution is 5.17. The van der Waals surface area contributed by atoms with Crippen molar-refractivity contribution in [3.05, 3.63) is 35.6 Å². The molecule has 1 rings (SSSR count). The zero-order valence-electron chi connectivity index (χ0n) is 11.0. The van der Waals surface area contributed by atoms with Gasteiger partial charge in [0.25, 0.3) is 0 Å². The topological polar surface area (TPSA) is 15.3 Å². The highest BCUT2D eigenvalue weighted by Crippen LogP contribution is 2.13. The smallest absolute Gasteiger partial charge is 0.307 e. The van der Waals surface area contributed by atoms with E-state index in [1.807, 2.05) is 4.90 Å². The lowest BCUT2D eigenvalue weighted by atomic mass is 10.2.